The van der Waals surface area contributed by atoms with Crippen LogP contribution in [-0.4, -0.2) is 18.9 Å². The van der Waals surface area contributed by atoms with Gasteiger partial charge in [-0.05, 0) is 35.4 Å². The molecule has 2 aromatic carbocycles. The molecular weight excluding hydrogens is 282 g/mol. The van der Waals surface area contributed by atoms with Crippen molar-refractivity contribution in [2.45, 2.75) is 32.2 Å². The average Bonchev–Trinajstić information content (AvgIpc) is 2.45. The summed E-state index contributed by atoms with van der Waals surface area (Å²) >= 11 is 0. The Kier molecular flexibility index (Phi) is 4.52. The molecule has 0 saturated carbocycles. The normalized spacial score (nSPS) is 13.9. The highest BCUT2D eigenvalue weighted by Gasteiger charge is 2.49. The van der Waals surface area contributed by atoms with Gasteiger partial charge in [0.2, 0.25) is 0 Å². The highest BCUT2D eigenvalue weighted by atomic mass is 19.3. The average molecular weight is 299 g/mol. The molecule has 0 amide bonds. The lowest BCUT2D eigenvalue weighted by atomic mass is 9.90. The third-order valence-electron chi connectivity index (χ3n) is 3.56. The number of aryl methyl sites for hydroxylation is 1. The van der Waals surface area contributed by atoms with Crippen LogP contribution in [0.5, 0.6) is 0 Å². The van der Waals surface area contributed by atoms with Crippen molar-refractivity contribution in [3.05, 3.63) is 47.5 Å². The lowest BCUT2D eigenvalue weighted by Crippen LogP contribution is -2.43. The van der Waals surface area contributed by atoms with E-state index in [-0.39, 0.29) is 12.1 Å². The van der Waals surface area contributed by atoms with Crippen LogP contribution < -0.4 is 5.32 Å². The van der Waals surface area contributed by atoms with Crippen LogP contribution in [0.1, 0.15) is 24.1 Å². The van der Waals surface area contributed by atoms with E-state index in [9.17, 15) is 17.6 Å². The summed E-state index contributed by atoms with van der Waals surface area (Å²) in [6, 6.07) is 8.74. The molecule has 21 heavy (non-hydrogen) atoms. The molecule has 2 rings (SSSR count). The molecule has 0 spiro atoms. The van der Waals surface area contributed by atoms with Crippen LogP contribution in [0, 0.1) is 6.92 Å². The Bertz CT molecular complexity index is 625. The molecule has 0 aliphatic heterocycles. The van der Waals surface area contributed by atoms with Gasteiger partial charge in [0, 0.05) is 0 Å². The summed E-state index contributed by atoms with van der Waals surface area (Å²) in [4.78, 5) is 0. The second-order valence-corrected chi connectivity index (χ2v) is 4.98. The van der Waals surface area contributed by atoms with E-state index in [1.807, 2.05) is 0 Å². The molecule has 1 unspecified atom stereocenters. The first-order chi connectivity index (χ1) is 9.89. The first kappa shape index (κ1) is 15.8. The van der Waals surface area contributed by atoms with Crippen molar-refractivity contribution < 1.29 is 17.6 Å². The number of rotatable bonds is 5. The Morgan fingerprint density at radius 3 is 2.38 bits per heavy atom. The summed E-state index contributed by atoms with van der Waals surface area (Å²) in [7, 11) is 0. The molecule has 1 nitrogen and oxygen atoms in total. The molecule has 0 bridgehead atoms. The first-order valence-corrected chi connectivity index (χ1v) is 6.77. The largest absolute Gasteiger partial charge is 0.326 e. The molecule has 114 valence electrons. The van der Waals surface area contributed by atoms with Gasteiger partial charge in [0.05, 0.1) is 0 Å². The van der Waals surface area contributed by atoms with Crippen molar-refractivity contribution in [3.63, 3.8) is 0 Å². The maximum absolute atomic E-state index is 14.0. The lowest BCUT2D eigenvalue weighted by Gasteiger charge is -2.29. The van der Waals surface area contributed by atoms with E-state index in [0.717, 1.165) is 5.39 Å². The van der Waals surface area contributed by atoms with E-state index < -0.39 is 18.4 Å². The molecule has 5 heteroatoms. The zero-order chi connectivity index (χ0) is 15.6. The highest BCUT2D eigenvalue weighted by Crippen LogP contribution is 2.40. The van der Waals surface area contributed by atoms with E-state index in [1.165, 1.54) is 0 Å². The van der Waals surface area contributed by atoms with Crippen molar-refractivity contribution in [1.29, 1.82) is 0 Å². The van der Waals surface area contributed by atoms with Crippen LogP contribution in [0.4, 0.5) is 17.6 Å². The van der Waals surface area contributed by atoms with Crippen molar-refractivity contribution in [2.24, 2.45) is 0 Å². The van der Waals surface area contributed by atoms with E-state index in [2.05, 4.69) is 5.32 Å². The van der Waals surface area contributed by atoms with Crippen LogP contribution in [0.2, 0.25) is 0 Å². The van der Waals surface area contributed by atoms with E-state index in [0.29, 0.717) is 10.9 Å². The molecule has 0 fully saturated rings. The summed E-state index contributed by atoms with van der Waals surface area (Å²) in [5.74, 6) is -4.13. The fraction of sp³-hybridized carbons (Fsp3) is 0.375. The molecule has 0 radical (unpaired) electrons. The minimum atomic E-state index is -4.13. The van der Waals surface area contributed by atoms with Gasteiger partial charge in [0.1, 0.15) is 6.04 Å². The predicted octanol–water partition coefficient (Wildman–Crippen LogP) is 4.70. The molecule has 1 atom stereocenters. The second-order valence-electron chi connectivity index (χ2n) is 4.98. The quantitative estimate of drug-likeness (QED) is 0.789. The number of fused-ring (bicyclic) bond motifs is 1. The van der Waals surface area contributed by atoms with Gasteiger partial charge in [-0.25, -0.2) is 8.78 Å². The van der Waals surface area contributed by atoms with Gasteiger partial charge >= 0.3 is 12.3 Å². The minimum absolute atomic E-state index is 0.176. The van der Waals surface area contributed by atoms with E-state index in [4.69, 9.17) is 0 Å². The SMILES string of the molecule is CCNC(c1c(C)ccc2ccccc12)C(F)(F)C(F)F. The van der Waals surface area contributed by atoms with Gasteiger partial charge in [0.25, 0.3) is 0 Å². The summed E-state index contributed by atoms with van der Waals surface area (Å²) in [5, 5.41) is 3.85. The monoisotopic (exact) mass is 299 g/mol. The third kappa shape index (κ3) is 2.88. The standard InChI is InChI=1S/C16H17F4N/c1-3-21-14(16(19,20)15(17)18)13-10(2)8-9-11-6-4-5-7-12(11)13/h4-9,14-15,21H,3H2,1-2H3. The second kappa shape index (κ2) is 6.02. The Labute approximate surface area is 121 Å². The van der Waals surface area contributed by atoms with Gasteiger partial charge in [-0.15, -0.1) is 0 Å². The Morgan fingerprint density at radius 2 is 1.76 bits per heavy atom. The first-order valence-electron chi connectivity index (χ1n) is 6.77. The number of hydrogen-bond acceptors (Lipinski definition) is 1. The summed E-state index contributed by atoms with van der Waals surface area (Å²) in [6.45, 7) is 3.46. The topological polar surface area (TPSA) is 12.0 Å². The maximum Gasteiger partial charge on any atom is 0.326 e. The highest BCUT2D eigenvalue weighted by molar-refractivity contribution is 5.87. The number of benzene rings is 2. The zero-order valence-electron chi connectivity index (χ0n) is 11.8. The molecule has 0 aliphatic rings. The van der Waals surface area contributed by atoms with Crippen LogP contribution in [0.15, 0.2) is 36.4 Å². The molecule has 1 N–H and O–H groups in total. The summed E-state index contributed by atoms with van der Waals surface area (Å²) in [6.07, 6.45) is -3.72. The molecule has 0 heterocycles. The summed E-state index contributed by atoms with van der Waals surface area (Å²) < 4.78 is 53.6. The number of halogens is 4. The van der Waals surface area contributed by atoms with Crippen LogP contribution in [0.3, 0.4) is 0 Å². The van der Waals surface area contributed by atoms with Crippen molar-refractivity contribution in [3.8, 4) is 0 Å². The Morgan fingerprint density at radius 1 is 1.10 bits per heavy atom. The number of alkyl halides is 4. The third-order valence-corrected chi connectivity index (χ3v) is 3.56. The van der Waals surface area contributed by atoms with Gasteiger partial charge in [-0.3, -0.25) is 0 Å². The van der Waals surface area contributed by atoms with E-state index in [1.54, 1.807) is 50.2 Å². The maximum atomic E-state index is 14.0. The van der Waals surface area contributed by atoms with Gasteiger partial charge < -0.3 is 5.32 Å². The molecule has 0 aromatic heterocycles. The van der Waals surface area contributed by atoms with Crippen LogP contribution in [0.25, 0.3) is 10.8 Å². The fourth-order valence-corrected chi connectivity index (χ4v) is 2.55. The van der Waals surface area contributed by atoms with Gasteiger partial charge in [-0.2, -0.15) is 8.78 Å². The van der Waals surface area contributed by atoms with Gasteiger partial charge in [-0.1, -0.05) is 43.3 Å². The smallest absolute Gasteiger partial charge is 0.305 e. The molecule has 0 saturated heterocycles. The number of hydrogen-bond donors (Lipinski definition) is 1. The van der Waals surface area contributed by atoms with Gasteiger partial charge in [0.15, 0.2) is 0 Å². The van der Waals surface area contributed by atoms with Crippen LogP contribution in [-0.2, 0) is 0 Å². The molecular formula is C16H17F4N. The van der Waals surface area contributed by atoms with Crippen molar-refractivity contribution >= 4 is 10.8 Å². The molecule has 2 aromatic rings. The Balaban J connectivity index is 2.68. The minimum Gasteiger partial charge on any atom is -0.305 e. The molecule has 0 aliphatic carbocycles. The van der Waals surface area contributed by atoms with Crippen molar-refractivity contribution in [2.75, 3.05) is 6.54 Å². The van der Waals surface area contributed by atoms with Crippen molar-refractivity contribution in [1.82, 2.24) is 5.32 Å². The summed E-state index contributed by atoms with van der Waals surface area (Å²) in [5.41, 5.74) is 0.806. The number of nitrogens with one attached hydrogen (secondary N) is 1. The fourth-order valence-electron chi connectivity index (χ4n) is 2.55. The predicted molar refractivity (Wildman–Crippen MR) is 76.1 cm³/mol. The van der Waals surface area contributed by atoms with Crippen LogP contribution >= 0.6 is 0 Å². The Hall–Kier alpha value is -1.62. The van der Waals surface area contributed by atoms with E-state index >= 15 is 0 Å². The lowest BCUT2D eigenvalue weighted by molar-refractivity contribution is -0.151. The zero-order valence-corrected chi connectivity index (χ0v) is 11.8.